The minimum atomic E-state index is -0.226. The van der Waals surface area contributed by atoms with Crippen molar-refractivity contribution in [2.24, 2.45) is 0 Å². The van der Waals surface area contributed by atoms with Crippen molar-refractivity contribution >= 4 is 17.5 Å². The normalized spacial score (nSPS) is 16.3. The van der Waals surface area contributed by atoms with E-state index in [1.165, 1.54) is 0 Å². The van der Waals surface area contributed by atoms with Gasteiger partial charge in [-0.2, -0.15) is 9.97 Å². The SMILES string of the molecule is CNc1nc2c(c(OC)n1)NC(C)(C)N2. The van der Waals surface area contributed by atoms with Crippen LogP contribution in [0.2, 0.25) is 0 Å². The summed E-state index contributed by atoms with van der Waals surface area (Å²) in [5, 5.41) is 9.39. The van der Waals surface area contributed by atoms with Gasteiger partial charge in [-0.3, -0.25) is 0 Å². The molecule has 6 nitrogen and oxygen atoms in total. The second-order valence-electron chi connectivity index (χ2n) is 3.91. The van der Waals surface area contributed by atoms with Gasteiger partial charge in [0.2, 0.25) is 11.8 Å². The summed E-state index contributed by atoms with van der Waals surface area (Å²) in [6, 6.07) is 0. The highest BCUT2D eigenvalue weighted by atomic mass is 16.5. The number of aromatic nitrogens is 2. The molecule has 0 radical (unpaired) electrons. The standard InChI is InChI=1S/C9H15N5O/c1-9(2)13-5-6(14-9)11-8(10-3)12-7(5)15-4/h13H,1-4H3,(H2,10,11,12,14). The number of nitrogens with one attached hydrogen (secondary N) is 3. The Kier molecular flexibility index (Phi) is 2.06. The number of nitrogens with zero attached hydrogens (tertiary/aromatic N) is 2. The summed E-state index contributed by atoms with van der Waals surface area (Å²) in [7, 11) is 3.36. The molecule has 15 heavy (non-hydrogen) atoms. The van der Waals surface area contributed by atoms with Gasteiger partial charge >= 0.3 is 0 Å². The minimum absolute atomic E-state index is 0.226. The van der Waals surface area contributed by atoms with Crippen LogP contribution < -0.4 is 20.7 Å². The number of hydrogen-bond acceptors (Lipinski definition) is 6. The number of ether oxygens (including phenoxy) is 1. The van der Waals surface area contributed by atoms with E-state index in [4.69, 9.17) is 4.74 Å². The molecule has 0 bridgehead atoms. The van der Waals surface area contributed by atoms with Crippen LogP contribution in [0, 0.1) is 0 Å². The van der Waals surface area contributed by atoms with Gasteiger partial charge in [0.15, 0.2) is 5.82 Å². The first-order chi connectivity index (χ1) is 7.05. The van der Waals surface area contributed by atoms with Crippen LogP contribution in [0.5, 0.6) is 5.88 Å². The molecule has 82 valence electrons. The Hall–Kier alpha value is -1.72. The van der Waals surface area contributed by atoms with Crippen molar-refractivity contribution in [1.29, 1.82) is 0 Å². The zero-order valence-electron chi connectivity index (χ0n) is 9.30. The Balaban J connectivity index is 2.48. The predicted octanol–water partition coefficient (Wildman–Crippen LogP) is 1.10. The molecule has 0 amide bonds. The van der Waals surface area contributed by atoms with Crippen LogP contribution >= 0.6 is 0 Å². The van der Waals surface area contributed by atoms with Gasteiger partial charge < -0.3 is 20.7 Å². The van der Waals surface area contributed by atoms with E-state index in [1.54, 1.807) is 14.2 Å². The number of anilines is 3. The highest BCUT2D eigenvalue weighted by Gasteiger charge is 2.31. The minimum Gasteiger partial charge on any atom is -0.479 e. The quantitative estimate of drug-likeness (QED) is 0.677. The van der Waals surface area contributed by atoms with Crippen molar-refractivity contribution in [2.75, 3.05) is 30.1 Å². The molecule has 1 aliphatic heterocycles. The molecule has 0 fully saturated rings. The third-order valence-electron chi connectivity index (χ3n) is 2.16. The fourth-order valence-corrected chi connectivity index (χ4v) is 1.54. The number of hydrogen-bond donors (Lipinski definition) is 3. The van der Waals surface area contributed by atoms with Crippen LogP contribution in [0.15, 0.2) is 0 Å². The zero-order valence-corrected chi connectivity index (χ0v) is 9.30. The average Bonchev–Trinajstić information content (AvgIpc) is 2.50. The van der Waals surface area contributed by atoms with Crippen molar-refractivity contribution < 1.29 is 4.74 Å². The first kappa shape index (κ1) is 9.82. The molecule has 0 aliphatic carbocycles. The molecule has 2 heterocycles. The van der Waals surface area contributed by atoms with E-state index < -0.39 is 0 Å². The Morgan fingerprint density at radius 3 is 2.60 bits per heavy atom. The molecule has 3 N–H and O–H groups in total. The molecule has 0 saturated heterocycles. The van der Waals surface area contributed by atoms with E-state index in [0.29, 0.717) is 11.8 Å². The van der Waals surface area contributed by atoms with Gasteiger partial charge in [-0.15, -0.1) is 0 Å². The van der Waals surface area contributed by atoms with Crippen LogP contribution in [0.25, 0.3) is 0 Å². The van der Waals surface area contributed by atoms with E-state index >= 15 is 0 Å². The maximum atomic E-state index is 5.20. The molecule has 6 heteroatoms. The van der Waals surface area contributed by atoms with Crippen LogP contribution in [0.3, 0.4) is 0 Å². The van der Waals surface area contributed by atoms with Gasteiger partial charge in [0, 0.05) is 7.05 Å². The maximum absolute atomic E-state index is 5.20. The second-order valence-corrected chi connectivity index (χ2v) is 3.91. The Labute approximate surface area is 88.5 Å². The van der Waals surface area contributed by atoms with Crippen LogP contribution in [0.4, 0.5) is 17.5 Å². The summed E-state index contributed by atoms with van der Waals surface area (Å²) in [6.07, 6.45) is 0. The van der Waals surface area contributed by atoms with Crippen molar-refractivity contribution in [3.63, 3.8) is 0 Å². The molecule has 1 aliphatic rings. The first-order valence-corrected chi connectivity index (χ1v) is 4.76. The van der Waals surface area contributed by atoms with E-state index in [0.717, 1.165) is 11.5 Å². The van der Waals surface area contributed by atoms with Gasteiger partial charge in [-0.05, 0) is 13.8 Å². The monoisotopic (exact) mass is 209 g/mol. The van der Waals surface area contributed by atoms with Gasteiger partial charge in [-0.25, -0.2) is 0 Å². The zero-order chi connectivity index (χ0) is 11.1. The first-order valence-electron chi connectivity index (χ1n) is 4.76. The van der Waals surface area contributed by atoms with Crippen molar-refractivity contribution in [2.45, 2.75) is 19.5 Å². The predicted molar refractivity (Wildman–Crippen MR) is 59.5 cm³/mol. The summed E-state index contributed by atoms with van der Waals surface area (Å²) in [5.41, 5.74) is 0.581. The van der Waals surface area contributed by atoms with Crippen molar-refractivity contribution in [1.82, 2.24) is 9.97 Å². The van der Waals surface area contributed by atoms with Crippen molar-refractivity contribution in [3.8, 4) is 5.88 Å². The average molecular weight is 209 g/mol. The summed E-state index contributed by atoms with van der Waals surface area (Å²) in [6.45, 7) is 4.04. The lowest BCUT2D eigenvalue weighted by Crippen LogP contribution is -2.33. The van der Waals surface area contributed by atoms with Gasteiger partial charge in [0.25, 0.3) is 0 Å². The van der Waals surface area contributed by atoms with E-state index in [1.807, 2.05) is 13.8 Å². The van der Waals surface area contributed by atoms with E-state index in [2.05, 4.69) is 25.9 Å². The fraction of sp³-hybridized carbons (Fsp3) is 0.556. The third kappa shape index (κ3) is 1.62. The highest BCUT2D eigenvalue weighted by Crippen LogP contribution is 2.38. The van der Waals surface area contributed by atoms with E-state index in [-0.39, 0.29) is 5.66 Å². The largest absolute Gasteiger partial charge is 0.479 e. The lowest BCUT2D eigenvalue weighted by molar-refractivity contribution is 0.400. The lowest BCUT2D eigenvalue weighted by atomic mass is 10.3. The number of fused-ring (bicyclic) bond motifs is 1. The Bertz CT molecular complexity index is 390. The fourth-order valence-electron chi connectivity index (χ4n) is 1.54. The van der Waals surface area contributed by atoms with E-state index in [9.17, 15) is 0 Å². The molecule has 1 aromatic heterocycles. The topological polar surface area (TPSA) is 71.1 Å². The molecule has 1 aromatic rings. The maximum Gasteiger partial charge on any atom is 0.244 e. The summed E-state index contributed by atoms with van der Waals surface area (Å²) in [4.78, 5) is 8.50. The summed E-state index contributed by atoms with van der Waals surface area (Å²) >= 11 is 0. The number of methoxy groups -OCH3 is 1. The second kappa shape index (κ2) is 3.15. The van der Waals surface area contributed by atoms with Gasteiger partial charge in [0.1, 0.15) is 11.4 Å². The molecule has 2 rings (SSSR count). The molecule has 0 aromatic carbocycles. The Morgan fingerprint density at radius 1 is 1.27 bits per heavy atom. The molecule has 0 spiro atoms. The van der Waals surface area contributed by atoms with Crippen molar-refractivity contribution in [3.05, 3.63) is 0 Å². The van der Waals surface area contributed by atoms with Gasteiger partial charge in [-0.1, -0.05) is 0 Å². The Morgan fingerprint density at radius 2 is 2.00 bits per heavy atom. The highest BCUT2D eigenvalue weighted by molar-refractivity contribution is 5.77. The van der Waals surface area contributed by atoms with Crippen LogP contribution in [0.1, 0.15) is 13.8 Å². The molecule has 0 unspecified atom stereocenters. The molecular formula is C9H15N5O. The molecular weight excluding hydrogens is 194 g/mol. The molecule has 0 atom stereocenters. The third-order valence-corrected chi connectivity index (χ3v) is 2.16. The van der Waals surface area contributed by atoms with Gasteiger partial charge in [0.05, 0.1) is 7.11 Å². The van der Waals surface area contributed by atoms with Crippen LogP contribution in [-0.4, -0.2) is 29.8 Å². The smallest absolute Gasteiger partial charge is 0.244 e. The number of rotatable bonds is 2. The van der Waals surface area contributed by atoms with Crippen LogP contribution in [-0.2, 0) is 0 Å². The molecule has 0 saturated carbocycles. The summed E-state index contributed by atoms with van der Waals surface area (Å²) < 4.78 is 5.20. The summed E-state index contributed by atoms with van der Waals surface area (Å²) in [5.74, 6) is 1.84. The lowest BCUT2D eigenvalue weighted by Gasteiger charge is -2.18.